The Morgan fingerprint density at radius 3 is 2.85 bits per heavy atom. The SMILES string of the molecule is Cc1nn(C)c2nc(C3CC3)cc(C(=O)Nc3nc(CC(N)=O)cs3)c12. The molecule has 8 nitrogen and oxygen atoms in total. The monoisotopic (exact) mass is 370 g/mol. The number of fused-ring (bicyclic) bond motifs is 1. The lowest BCUT2D eigenvalue weighted by atomic mass is 10.1. The second kappa shape index (κ2) is 6.17. The van der Waals surface area contributed by atoms with Gasteiger partial charge in [-0.25, -0.2) is 9.97 Å². The number of pyridine rings is 1. The van der Waals surface area contributed by atoms with E-state index in [0.717, 1.165) is 29.6 Å². The smallest absolute Gasteiger partial charge is 0.258 e. The number of amides is 2. The van der Waals surface area contributed by atoms with Crippen molar-refractivity contribution < 1.29 is 9.59 Å². The molecule has 3 heterocycles. The molecule has 26 heavy (non-hydrogen) atoms. The summed E-state index contributed by atoms with van der Waals surface area (Å²) in [6.07, 6.45) is 2.25. The van der Waals surface area contributed by atoms with E-state index in [9.17, 15) is 9.59 Å². The van der Waals surface area contributed by atoms with Crippen LogP contribution in [0.5, 0.6) is 0 Å². The van der Waals surface area contributed by atoms with Gasteiger partial charge < -0.3 is 5.73 Å². The predicted molar refractivity (Wildman–Crippen MR) is 98.2 cm³/mol. The van der Waals surface area contributed by atoms with E-state index in [2.05, 4.69) is 15.4 Å². The lowest BCUT2D eigenvalue weighted by Gasteiger charge is -2.07. The van der Waals surface area contributed by atoms with Crippen molar-refractivity contribution in [3.63, 3.8) is 0 Å². The summed E-state index contributed by atoms with van der Waals surface area (Å²) >= 11 is 1.26. The average Bonchev–Trinajstić information content (AvgIpc) is 3.28. The molecule has 134 valence electrons. The van der Waals surface area contributed by atoms with E-state index < -0.39 is 5.91 Å². The number of anilines is 1. The molecule has 0 bridgehead atoms. The first-order valence-electron chi connectivity index (χ1n) is 8.30. The van der Waals surface area contributed by atoms with Crippen LogP contribution >= 0.6 is 11.3 Å². The van der Waals surface area contributed by atoms with Crippen LogP contribution in [-0.2, 0) is 18.3 Å². The molecule has 0 saturated heterocycles. The molecule has 0 aromatic carbocycles. The first-order chi connectivity index (χ1) is 12.4. The fourth-order valence-electron chi connectivity index (χ4n) is 3.02. The molecule has 1 aliphatic carbocycles. The van der Waals surface area contributed by atoms with Crippen molar-refractivity contribution >= 4 is 39.3 Å². The maximum atomic E-state index is 12.9. The Balaban J connectivity index is 1.69. The molecular formula is C17H18N6O2S. The van der Waals surface area contributed by atoms with E-state index >= 15 is 0 Å². The molecule has 0 aliphatic heterocycles. The summed E-state index contributed by atoms with van der Waals surface area (Å²) < 4.78 is 1.71. The Morgan fingerprint density at radius 1 is 1.38 bits per heavy atom. The van der Waals surface area contributed by atoms with E-state index in [0.29, 0.717) is 28.0 Å². The van der Waals surface area contributed by atoms with Crippen LogP contribution in [0.25, 0.3) is 11.0 Å². The fourth-order valence-corrected chi connectivity index (χ4v) is 3.73. The molecule has 3 aromatic rings. The first-order valence-corrected chi connectivity index (χ1v) is 9.18. The number of hydrogen-bond donors (Lipinski definition) is 2. The molecule has 0 spiro atoms. The molecule has 1 aliphatic rings. The molecule has 1 fully saturated rings. The van der Waals surface area contributed by atoms with Gasteiger partial charge in [0.1, 0.15) is 0 Å². The van der Waals surface area contributed by atoms with Gasteiger partial charge in [-0.3, -0.25) is 19.6 Å². The van der Waals surface area contributed by atoms with Gasteiger partial charge in [0, 0.05) is 24.0 Å². The van der Waals surface area contributed by atoms with Crippen molar-refractivity contribution in [3.8, 4) is 0 Å². The number of thiazole rings is 1. The highest BCUT2D eigenvalue weighted by Gasteiger charge is 2.28. The fraction of sp³-hybridized carbons (Fsp3) is 0.353. The number of hydrogen-bond acceptors (Lipinski definition) is 6. The van der Waals surface area contributed by atoms with Crippen molar-refractivity contribution in [1.82, 2.24) is 19.7 Å². The van der Waals surface area contributed by atoms with Crippen LogP contribution in [0.1, 0.15) is 46.2 Å². The van der Waals surface area contributed by atoms with E-state index in [-0.39, 0.29) is 12.3 Å². The molecule has 0 atom stereocenters. The van der Waals surface area contributed by atoms with Crippen molar-refractivity contribution in [2.24, 2.45) is 12.8 Å². The number of primary amides is 1. The Morgan fingerprint density at radius 2 is 2.15 bits per heavy atom. The molecule has 2 amide bonds. The van der Waals surface area contributed by atoms with E-state index in [1.165, 1.54) is 11.3 Å². The third-order valence-electron chi connectivity index (χ3n) is 4.36. The van der Waals surface area contributed by atoms with Gasteiger partial charge >= 0.3 is 0 Å². The zero-order valence-corrected chi connectivity index (χ0v) is 15.3. The second-order valence-corrected chi connectivity index (χ2v) is 7.38. The average molecular weight is 370 g/mol. The number of rotatable bonds is 5. The molecule has 1 saturated carbocycles. The van der Waals surface area contributed by atoms with Crippen LogP contribution in [0.2, 0.25) is 0 Å². The standard InChI is InChI=1S/C17H18N6O2S/c1-8-14-11(6-12(9-3-4-9)20-15(14)23(2)22-8)16(25)21-17-19-10(7-26-17)5-13(18)24/h6-7,9H,3-5H2,1-2H3,(H2,18,24)(H,19,21,25). The van der Waals surface area contributed by atoms with Crippen molar-refractivity contribution in [3.05, 3.63) is 34.1 Å². The van der Waals surface area contributed by atoms with Crippen molar-refractivity contribution in [2.45, 2.75) is 32.1 Å². The summed E-state index contributed by atoms with van der Waals surface area (Å²) in [7, 11) is 1.83. The molecule has 3 N–H and O–H groups in total. The normalized spacial score (nSPS) is 13.9. The van der Waals surface area contributed by atoms with E-state index in [1.807, 2.05) is 20.0 Å². The molecule has 9 heteroatoms. The highest BCUT2D eigenvalue weighted by atomic mass is 32.1. The van der Waals surface area contributed by atoms with Crippen LogP contribution in [0.4, 0.5) is 5.13 Å². The largest absolute Gasteiger partial charge is 0.369 e. The van der Waals surface area contributed by atoms with Gasteiger partial charge in [-0.05, 0) is 25.8 Å². The van der Waals surface area contributed by atoms with Gasteiger partial charge in [-0.15, -0.1) is 11.3 Å². The number of nitrogens with two attached hydrogens (primary N) is 1. The van der Waals surface area contributed by atoms with Crippen LogP contribution < -0.4 is 11.1 Å². The minimum absolute atomic E-state index is 0.0550. The molecule has 0 unspecified atom stereocenters. The summed E-state index contributed by atoms with van der Waals surface area (Å²) in [5.41, 5.74) is 8.68. The Bertz CT molecular complexity index is 1030. The third kappa shape index (κ3) is 3.05. The quantitative estimate of drug-likeness (QED) is 0.711. The molecule has 4 rings (SSSR count). The number of nitrogens with zero attached hydrogens (tertiary/aromatic N) is 4. The van der Waals surface area contributed by atoms with Gasteiger partial charge in [0.2, 0.25) is 5.91 Å². The van der Waals surface area contributed by atoms with Gasteiger partial charge in [0.05, 0.1) is 28.8 Å². The maximum absolute atomic E-state index is 12.9. The Labute approximate surface area is 153 Å². The number of aromatic nitrogens is 4. The van der Waals surface area contributed by atoms with Crippen LogP contribution in [0.3, 0.4) is 0 Å². The van der Waals surface area contributed by atoms with Gasteiger partial charge in [0.15, 0.2) is 10.8 Å². The van der Waals surface area contributed by atoms with Crippen LogP contribution in [-0.4, -0.2) is 31.6 Å². The summed E-state index contributed by atoms with van der Waals surface area (Å²) in [6.45, 7) is 1.87. The highest BCUT2D eigenvalue weighted by molar-refractivity contribution is 7.14. The van der Waals surface area contributed by atoms with Gasteiger partial charge in [-0.1, -0.05) is 0 Å². The topological polar surface area (TPSA) is 116 Å². The number of carbonyl (C=O) groups excluding carboxylic acids is 2. The molecular weight excluding hydrogens is 352 g/mol. The summed E-state index contributed by atoms with van der Waals surface area (Å²) in [5.74, 6) is -0.289. The van der Waals surface area contributed by atoms with E-state index in [4.69, 9.17) is 10.7 Å². The van der Waals surface area contributed by atoms with Crippen LogP contribution in [0.15, 0.2) is 11.4 Å². The van der Waals surface area contributed by atoms with Crippen molar-refractivity contribution in [1.29, 1.82) is 0 Å². The number of aryl methyl sites for hydroxylation is 2. The predicted octanol–water partition coefficient (Wildman–Crippen LogP) is 1.89. The van der Waals surface area contributed by atoms with Crippen molar-refractivity contribution in [2.75, 3.05) is 5.32 Å². The molecule has 0 radical (unpaired) electrons. The van der Waals surface area contributed by atoms with Crippen LogP contribution in [0, 0.1) is 6.92 Å². The Kier molecular flexibility index (Phi) is 3.95. The summed E-state index contributed by atoms with van der Waals surface area (Å²) in [6, 6.07) is 1.86. The maximum Gasteiger partial charge on any atom is 0.258 e. The zero-order valence-electron chi connectivity index (χ0n) is 14.4. The van der Waals surface area contributed by atoms with E-state index in [1.54, 1.807) is 10.1 Å². The zero-order chi connectivity index (χ0) is 18.4. The number of nitrogens with one attached hydrogen (secondary N) is 1. The Hall–Kier alpha value is -2.81. The molecule has 3 aromatic heterocycles. The minimum atomic E-state index is -0.455. The third-order valence-corrected chi connectivity index (χ3v) is 5.16. The second-order valence-electron chi connectivity index (χ2n) is 6.52. The summed E-state index contributed by atoms with van der Waals surface area (Å²) in [5, 5.41) is 10.1. The number of carbonyl (C=O) groups is 2. The summed E-state index contributed by atoms with van der Waals surface area (Å²) in [4.78, 5) is 32.9. The minimum Gasteiger partial charge on any atom is -0.369 e. The van der Waals surface area contributed by atoms with Gasteiger partial charge in [0.25, 0.3) is 5.91 Å². The van der Waals surface area contributed by atoms with Gasteiger partial charge in [-0.2, -0.15) is 5.10 Å². The lowest BCUT2D eigenvalue weighted by molar-refractivity contribution is -0.117. The lowest BCUT2D eigenvalue weighted by Crippen LogP contribution is -2.15. The first kappa shape index (κ1) is 16.6. The highest BCUT2D eigenvalue weighted by Crippen LogP contribution is 2.40.